The Morgan fingerprint density at radius 1 is 1.27 bits per heavy atom. The summed E-state index contributed by atoms with van der Waals surface area (Å²) >= 11 is 0. The first kappa shape index (κ1) is 13.9. The molecule has 1 amide bonds. The minimum Gasteiger partial charge on any atom is -0.454 e. The van der Waals surface area contributed by atoms with Gasteiger partial charge >= 0.3 is 0 Å². The number of amides is 1. The van der Waals surface area contributed by atoms with E-state index in [1.807, 2.05) is 25.1 Å². The highest BCUT2D eigenvalue weighted by Crippen LogP contribution is 2.49. The van der Waals surface area contributed by atoms with Gasteiger partial charge < -0.3 is 14.8 Å². The van der Waals surface area contributed by atoms with E-state index in [9.17, 15) is 4.79 Å². The van der Waals surface area contributed by atoms with Crippen LogP contribution in [-0.4, -0.2) is 12.7 Å². The molecule has 1 aliphatic heterocycles. The smallest absolute Gasteiger partial charge is 0.231 e. The van der Waals surface area contributed by atoms with Gasteiger partial charge in [-0.1, -0.05) is 12.5 Å². The monoisotopic (exact) mass is 301 g/mol. The fourth-order valence-electron chi connectivity index (χ4n) is 4.43. The summed E-state index contributed by atoms with van der Waals surface area (Å²) in [5.74, 6) is 4.05. The van der Waals surface area contributed by atoms with Crippen LogP contribution in [0.4, 0.5) is 0 Å². The second kappa shape index (κ2) is 5.49. The van der Waals surface area contributed by atoms with Gasteiger partial charge in [-0.05, 0) is 61.6 Å². The molecule has 1 heterocycles. The largest absolute Gasteiger partial charge is 0.454 e. The zero-order valence-corrected chi connectivity index (χ0v) is 13.0. The second-order valence-electron chi connectivity index (χ2n) is 7.04. The van der Waals surface area contributed by atoms with Crippen LogP contribution in [0.1, 0.15) is 50.6 Å². The highest BCUT2D eigenvalue weighted by molar-refractivity contribution is 5.76. The van der Waals surface area contributed by atoms with Crippen LogP contribution in [0.3, 0.4) is 0 Å². The van der Waals surface area contributed by atoms with Crippen molar-refractivity contribution in [3.8, 4) is 11.5 Å². The quantitative estimate of drug-likeness (QED) is 0.927. The highest BCUT2D eigenvalue weighted by atomic mass is 16.7. The van der Waals surface area contributed by atoms with E-state index in [1.54, 1.807) is 0 Å². The Hall–Kier alpha value is -1.71. The minimum absolute atomic E-state index is 0.000547. The number of fused-ring (bicyclic) bond motifs is 3. The second-order valence-corrected chi connectivity index (χ2v) is 7.04. The van der Waals surface area contributed by atoms with E-state index in [4.69, 9.17) is 9.47 Å². The molecule has 0 spiro atoms. The topological polar surface area (TPSA) is 47.6 Å². The Kier molecular flexibility index (Phi) is 3.47. The predicted octanol–water partition coefficient (Wildman–Crippen LogP) is 3.42. The van der Waals surface area contributed by atoms with Crippen LogP contribution in [0.15, 0.2) is 18.2 Å². The maximum Gasteiger partial charge on any atom is 0.231 e. The Morgan fingerprint density at radius 2 is 2.14 bits per heavy atom. The summed E-state index contributed by atoms with van der Waals surface area (Å²) in [6.07, 6.45) is 6.03. The van der Waals surface area contributed by atoms with E-state index in [-0.39, 0.29) is 18.7 Å². The van der Waals surface area contributed by atoms with Crippen LogP contribution in [0.5, 0.6) is 11.5 Å². The number of nitrogens with one attached hydrogen (secondary N) is 1. The van der Waals surface area contributed by atoms with Crippen LogP contribution < -0.4 is 14.8 Å². The molecule has 2 fully saturated rings. The molecule has 4 rings (SSSR count). The lowest BCUT2D eigenvalue weighted by Crippen LogP contribution is -2.29. The number of benzene rings is 1. The van der Waals surface area contributed by atoms with E-state index >= 15 is 0 Å². The molecule has 1 N–H and O–H groups in total. The number of carbonyl (C=O) groups excluding carboxylic acids is 1. The molecule has 118 valence electrons. The molecular formula is C18H23NO3. The Labute approximate surface area is 131 Å². The van der Waals surface area contributed by atoms with E-state index < -0.39 is 0 Å². The number of hydrogen-bond donors (Lipinski definition) is 1. The summed E-state index contributed by atoms with van der Waals surface area (Å²) in [6, 6.07) is 5.87. The average molecular weight is 301 g/mol. The number of ether oxygens (including phenoxy) is 2. The molecule has 0 saturated heterocycles. The zero-order valence-electron chi connectivity index (χ0n) is 13.0. The first-order valence-corrected chi connectivity index (χ1v) is 8.38. The molecule has 4 heteroatoms. The van der Waals surface area contributed by atoms with Crippen LogP contribution >= 0.6 is 0 Å². The molecule has 1 aromatic rings. The molecule has 2 bridgehead atoms. The normalized spacial score (nSPS) is 29.6. The molecule has 4 unspecified atom stereocenters. The average Bonchev–Trinajstić information content (AvgIpc) is 3.22. The van der Waals surface area contributed by atoms with Crippen molar-refractivity contribution in [2.75, 3.05) is 6.79 Å². The van der Waals surface area contributed by atoms with Gasteiger partial charge in [0.15, 0.2) is 11.5 Å². The fraction of sp³-hybridized carbons (Fsp3) is 0.611. The van der Waals surface area contributed by atoms with Crippen molar-refractivity contribution in [1.29, 1.82) is 0 Å². The Balaban J connectivity index is 1.35. The van der Waals surface area contributed by atoms with E-state index in [0.29, 0.717) is 12.3 Å². The van der Waals surface area contributed by atoms with Crippen LogP contribution in [-0.2, 0) is 4.79 Å². The molecule has 2 saturated carbocycles. The van der Waals surface area contributed by atoms with Gasteiger partial charge in [0.1, 0.15) is 0 Å². The molecule has 1 aromatic carbocycles. The molecule has 0 aromatic heterocycles. The molecule has 0 radical (unpaired) electrons. The van der Waals surface area contributed by atoms with E-state index in [2.05, 4.69) is 5.32 Å². The van der Waals surface area contributed by atoms with Crippen molar-refractivity contribution in [2.24, 2.45) is 17.8 Å². The van der Waals surface area contributed by atoms with Gasteiger partial charge in [-0.25, -0.2) is 0 Å². The summed E-state index contributed by atoms with van der Waals surface area (Å²) in [5, 5.41) is 3.14. The SMILES string of the molecule is CC(NC(=O)CC1CC2CCC1C2)c1ccc2c(c1)OCO2. The summed E-state index contributed by atoms with van der Waals surface area (Å²) in [4.78, 5) is 12.3. The van der Waals surface area contributed by atoms with Crippen molar-refractivity contribution < 1.29 is 14.3 Å². The molecule has 3 aliphatic rings. The van der Waals surface area contributed by atoms with Gasteiger partial charge in [0.25, 0.3) is 0 Å². The van der Waals surface area contributed by atoms with E-state index in [0.717, 1.165) is 28.9 Å². The fourth-order valence-corrected chi connectivity index (χ4v) is 4.43. The highest BCUT2D eigenvalue weighted by Gasteiger charge is 2.40. The third kappa shape index (κ3) is 2.55. The van der Waals surface area contributed by atoms with Crippen LogP contribution in [0.2, 0.25) is 0 Å². The summed E-state index contributed by atoms with van der Waals surface area (Å²) < 4.78 is 10.7. The van der Waals surface area contributed by atoms with Gasteiger partial charge in [-0.3, -0.25) is 4.79 Å². The third-order valence-corrected chi connectivity index (χ3v) is 5.61. The molecule has 4 nitrogen and oxygen atoms in total. The van der Waals surface area contributed by atoms with Crippen molar-refractivity contribution in [3.63, 3.8) is 0 Å². The van der Waals surface area contributed by atoms with Gasteiger partial charge in [-0.2, -0.15) is 0 Å². The van der Waals surface area contributed by atoms with Gasteiger partial charge in [0.2, 0.25) is 12.7 Å². The number of rotatable bonds is 4. The van der Waals surface area contributed by atoms with E-state index in [1.165, 1.54) is 25.7 Å². The first-order chi connectivity index (χ1) is 10.7. The van der Waals surface area contributed by atoms with Crippen molar-refractivity contribution >= 4 is 5.91 Å². The Morgan fingerprint density at radius 3 is 2.91 bits per heavy atom. The summed E-state index contributed by atoms with van der Waals surface area (Å²) in [6.45, 7) is 2.31. The lowest BCUT2D eigenvalue weighted by molar-refractivity contribution is -0.123. The number of hydrogen-bond acceptors (Lipinski definition) is 3. The lowest BCUT2D eigenvalue weighted by Gasteiger charge is -2.22. The van der Waals surface area contributed by atoms with Crippen molar-refractivity contribution in [1.82, 2.24) is 5.32 Å². The maximum atomic E-state index is 12.3. The zero-order chi connectivity index (χ0) is 15.1. The predicted molar refractivity (Wildman–Crippen MR) is 82.7 cm³/mol. The first-order valence-electron chi connectivity index (χ1n) is 8.38. The minimum atomic E-state index is 0.000547. The molecule has 2 aliphatic carbocycles. The molecule has 4 atom stereocenters. The maximum absolute atomic E-state index is 12.3. The standard InChI is InChI=1S/C18H23NO3/c1-11(13-4-5-16-17(8-13)22-10-21-16)19-18(20)9-15-7-12-2-3-14(15)6-12/h4-5,8,11-12,14-15H,2-3,6-7,9-10H2,1H3,(H,19,20). The van der Waals surface area contributed by atoms with Crippen molar-refractivity contribution in [3.05, 3.63) is 23.8 Å². The van der Waals surface area contributed by atoms with Gasteiger partial charge in [0, 0.05) is 6.42 Å². The van der Waals surface area contributed by atoms with Crippen LogP contribution in [0, 0.1) is 17.8 Å². The molecule has 22 heavy (non-hydrogen) atoms. The molecular weight excluding hydrogens is 278 g/mol. The Bertz CT molecular complexity index is 586. The van der Waals surface area contributed by atoms with Gasteiger partial charge in [-0.15, -0.1) is 0 Å². The van der Waals surface area contributed by atoms with Crippen LogP contribution in [0.25, 0.3) is 0 Å². The summed E-state index contributed by atoms with van der Waals surface area (Å²) in [7, 11) is 0. The summed E-state index contributed by atoms with van der Waals surface area (Å²) in [5.41, 5.74) is 1.06. The number of carbonyl (C=O) groups is 1. The van der Waals surface area contributed by atoms with Crippen molar-refractivity contribution in [2.45, 2.75) is 45.1 Å². The van der Waals surface area contributed by atoms with Gasteiger partial charge in [0.05, 0.1) is 6.04 Å². The lowest BCUT2D eigenvalue weighted by atomic mass is 9.86. The third-order valence-electron chi connectivity index (χ3n) is 5.61.